The molecule has 0 aliphatic carbocycles. The Morgan fingerprint density at radius 2 is 1.63 bits per heavy atom. The zero-order valence-corrected chi connectivity index (χ0v) is 15.9. The number of anilines is 2. The first-order valence-corrected chi connectivity index (χ1v) is 9.60. The molecule has 1 amide bonds. The number of aliphatic imine (C=N–C) groups is 1. The molecule has 2 N–H and O–H groups in total. The summed E-state index contributed by atoms with van der Waals surface area (Å²) in [6, 6.07) is 13.1. The Morgan fingerprint density at radius 3 is 2.15 bits per heavy atom. The van der Waals surface area contributed by atoms with Gasteiger partial charge in [0.05, 0.1) is 22.0 Å². The molecule has 0 saturated carbocycles. The van der Waals surface area contributed by atoms with Crippen molar-refractivity contribution in [1.82, 2.24) is 0 Å². The van der Waals surface area contributed by atoms with Gasteiger partial charge in [0.1, 0.15) is 0 Å². The molecule has 0 fully saturated rings. The van der Waals surface area contributed by atoms with Gasteiger partial charge in [0.15, 0.2) is 5.71 Å². The first kappa shape index (κ1) is 18.7. The SMILES string of the molecule is CC1=NN(c2ccc(S(N)(=O)=O)cc2)C(=O)C1=Nc1ccc(N(C)C)cc1. The zero-order valence-electron chi connectivity index (χ0n) is 15.1. The van der Waals surface area contributed by atoms with Gasteiger partial charge in [-0.25, -0.2) is 18.5 Å². The number of nitrogens with zero attached hydrogens (tertiary/aromatic N) is 4. The third-order valence-electron chi connectivity index (χ3n) is 4.00. The standard InChI is InChI=1S/C18H19N5O3S/c1-12-17(20-13-4-6-14(7-5-13)22(2)3)18(24)23(21-12)15-8-10-16(11-9-15)27(19,25)26/h4-11H,1-3H3,(H2,19,25,26). The van der Waals surface area contributed by atoms with Gasteiger partial charge in [-0.15, -0.1) is 0 Å². The number of primary sulfonamides is 1. The van der Waals surface area contributed by atoms with Crippen LogP contribution in [0.1, 0.15) is 6.92 Å². The van der Waals surface area contributed by atoms with Crippen LogP contribution in [0.25, 0.3) is 0 Å². The second-order valence-corrected chi connectivity index (χ2v) is 7.77. The maximum atomic E-state index is 12.7. The third kappa shape index (κ3) is 3.88. The number of sulfonamides is 1. The smallest absolute Gasteiger partial charge is 0.299 e. The van der Waals surface area contributed by atoms with Crippen molar-refractivity contribution in [2.45, 2.75) is 11.8 Å². The minimum Gasteiger partial charge on any atom is -0.378 e. The number of carbonyl (C=O) groups is 1. The fourth-order valence-electron chi connectivity index (χ4n) is 2.53. The van der Waals surface area contributed by atoms with Crippen LogP contribution in [0.3, 0.4) is 0 Å². The minimum absolute atomic E-state index is 0.0338. The van der Waals surface area contributed by atoms with Crippen LogP contribution >= 0.6 is 0 Å². The molecule has 1 aliphatic rings. The average molecular weight is 385 g/mol. The average Bonchev–Trinajstić information content (AvgIpc) is 2.90. The van der Waals surface area contributed by atoms with Crippen molar-refractivity contribution >= 4 is 44.4 Å². The topological polar surface area (TPSA) is 108 Å². The van der Waals surface area contributed by atoms with Gasteiger partial charge >= 0.3 is 0 Å². The molecule has 9 heteroatoms. The van der Waals surface area contributed by atoms with Gasteiger partial charge in [0, 0.05) is 19.8 Å². The van der Waals surface area contributed by atoms with Crippen molar-refractivity contribution in [3.05, 3.63) is 48.5 Å². The van der Waals surface area contributed by atoms with Crippen molar-refractivity contribution in [3.8, 4) is 0 Å². The van der Waals surface area contributed by atoms with Crippen LogP contribution < -0.4 is 15.0 Å². The number of amides is 1. The number of hydrogen-bond acceptors (Lipinski definition) is 6. The Kier molecular flexibility index (Phi) is 4.81. The largest absolute Gasteiger partial charge is 0.378 e. The van der Waals surface area contributed by atoms with Gasteiger partial charge in [0.25, 0.3) is 5.91 Å². The molecule has 0 bridgehead atoms. The molecule has 8 nitrogen and oxygen atoms in total. The van der Waals surface area contributed by atoms with Crippen LogP contribution in [-0.2, 0) is 14.8 Å². The minimum atomic E-state index is -3.80. The van der Waals surface area contributed by atoms with Gasteiger partial charge in [-0.1, -0.05) is 0 Å². The lowest BCUT2D eigenvalue weighted by molar-refractivity contribution is -0.112. The van der Waals surface area contributed by atoms with Crippen molar-refractivity contribution in [2.75, 3.05) is 24.0 Å². The summed E-state index contributed by atoms with van der Waals surface area (Å²) in [6.45, 7) is 1.70. The van der Waals surface area contributed by atoms with Crippen LogP contribution in [0.5, 0.6) is 0 Å². The summed E-state index contributed by atoms with van der Waals surface area (Å²) in [5.41, 5.74) is 2.82. The van der Waals surface area contributed by atoms with Gasteiger partial charge in [-0.05, 0) is 55.5 Å². The molecule has 1 aliphatic heterocycles. The molecule has 2 aromatic rings. The summed E-state index contributed by atoms with van der Waals surface area (Å²) in [7, 11) is 0.0884. The van der Waals surface area contributed by atoms with E-state index in [2.05, 4.69) is 10.1 Å². The van der Waals surface area contributed by atoms with E-state index in [1.165, 1.54) is 29.3 Å². The molecule has 0 aromatic heterocycles. The number of nitrogens with two attached hydrogens (primary N) is 1. The predicted molar refractivity (Wildman–Crippen MR) is 106 cm³/mol. The fourth-order valence-corrected chi connectivity index (χ4v) is 3.05. The Bertz CT molecular complexity index is 1040. The number of rotatable bonds is 4. The molecular weight excluding hydrogens is 366 g/mol. The molecule has 0 saturated heterocycles. The Morgan fingerprint density at radius 1 is 1.04 bits per heavy atom. The van der Waals surface area contributed by atoms with Crippen LogP contribution in [0, 0.1) is 0 Å². The van der Waals surface area contributed by atoms with Crippen molar-refractivity contribution < 1.29 is 13.2 Å². The molecule has 27 heavy (non-hydrogen) atoms. The normalized spacial score (nSPS) is 16.0. The van der Waals surface area contributed by atoms with E-state index >= 15 is 0 Å². The van der Waals surface area contributed by atoms with Gasteiger partial charge < -0.3 is 4.90 Å². The molecule has 0 radical (unpaired) electrons. The third-order valence-corrected chi connectivity index (χ3v) is 4.93. The first-order chi connectivity index (χ1) is 12.7. The van der Waals surface area contributed by atoms with E-state index in [-0.39, 0.29) is 16.5 Å². The van der Waals surface area contributed by atoms with E-state index in [0.717, 1.165) is 5.69 Å². The number of hydrogen-bond donors (Lipinski definition) is 1. The summed E-state index contributed by atoms with van der Waals surface area (Å²) < 4.78 is 22.7. The van der Waals surface area contributed by atoms with E-state index in [9.17, 15) is 13.2 Å². The second kappa shape index (κ2) is 6.93. The Hall–Kier alpha value is -3.04. The predicted octanol–water partition coefficient (Wildman–Crippen LogP) is 1.90. The van der Waals surface area contributed by atoms with Gasteiger partial charge in [-0.3, -0.25) is 4.79 Å². The maximum absolute atomic E-state index is 12.7. The van der Waals surface area contributed by atoms with Crippen molar-refractivity contribution in [1.29, 1.82) is 0 Å². The first-order valence-electron chi connectivity index (χ1n) is 8.06. The Balaban J connectivity index is 1.87. The molecule has 1 heterocycles. The fraction of sp³-hybridized carbons (Fsp3) is 0.167. The van der Waals surface area contributed by atoms with Crippen molar-refractivity contribution in [2.24, 2.45) is 15.2 Å². The molecule has 0 atom stereocenters. The molecule has 2 aromatic carbocycles. The number of carbonyl (C=O) groups excluding carboxylic acids is 1. The highest BCUT2D eigenvalue weighted by molar-refractivity contribution is 7.89. The van der Waals surface area contributed by atoms with E-state index in [0.29, 0.717) is 17.1 Å². The van der Waals surface area contributed by atoms with Crippen LogP contribution in [0.15, 0.2) is 63.5 Å². The zero-order chi connectivity index (χ0) is 19.8. The molecule has 0 unspecified atom stereocenters. The summed E-state index contributed by atoms with van der Waals surface area (Å²) in [6.07, 6.45) is 0. The summed E-state index contributed by atoms with van der Waals surface area (Å²) in [4.78, 5) is 19.1. The second-order valence-electron chi connectivity index (χ2n) is 6.21. The van der Waals surface area contributed by atoms with E-state index in [1.807, 2.05) is 43.3 Å². The van der Waals surface area contributed by atoms with Crippen LogP contribution in [0.4, 0.5) is 17.1 Å². The summed E-state index contributed by atoms with van der Waals surface area (Å²) in [5.74, 6) is -0.382. The Labute approximate surface area is 157 Å². The molecule has 0 spiro atoms. The molecule has 140 valence electrons. The highest BCUT2D eigenvalue weighted by atomic mass is 32.2. The number of benzene rings is 2. The van der Waals surface area contributed by atoms with Gasteiger partial charge in [-0.2, -0.15) is 10.1 Å². The quantitative estimate of drug-likeness (QED) is 0.867. The van der Waals surface area contributed by atoms with E-state index in [1.54, 1.807) is 6.92 Å². The van der Waals surface area contributed by atoms with E-state index in [4.69, 9.17) is 5.14 Å². The lowest BCUT2D eigenvalue weighted by atomic mass is 10.2. The van der Waals surface area contributed by atoms with Crippen molar-refractivity contribution in [3.63, 3.8) is 0 Å². The lowest BCUT2D eigenvalue weighted by Crippen LogP contribution is -2.27. The monoisotopic (exact) mass is 385 g/mol. The molecular formula is C18H19N5O3S. The van der Waals surface area contributed by atoms with Crippen LogP contribution in [0.2, 0.25) is 0 Å². The summed E-state index contributed by atoms with van der Waals surface area (Å²) >= 11 is 0. The maximum Gasteiger partial charge on any atom is 0.299 e. The van der Waals surface area contributed by atoms with Gasteiger partial charge in [0.2, 0.25) is 10.0 Å². The lowest BCUT2D eigenvalue weighted by Gasteiger charge is -2.12. The van der Waals surface area contributed by atoms with Crippen LogP contribution in [-0.4, -0.2) is 39.8 Å². The highest BCUT2D eigenvalue weighted by Gasteiger charge is 2.30. The highest BCUT2D eigenvalue weighted by Crippen LogP contribution is 2.24. The van der Waals surface area contributed by atoms with E-state index < -0.39 is 10.0 Å². The molecule has 3 rings (SSSR count). The number of hydrazone groups is 1. The summed E-state index contributed by atoms with van der Waals surface area (Å²) in [5, 5.41) is 10.5.